The van der Waals surface area contributed by atoms with Crippen molar-refractivity contribution in [2.24, 2.45) is 5.41 Å². The van der Waals surface area contributed by atoms with Crippen LogP contribution in [-0.2, 0) is 0 Å². The van der Waals surface area contributed by atoms with Gasteiger partial charge in [0.15, 0.2) is 5.82 Å². The van der Waals surface area contributed by atoms with E-state index in [1.807, 2.05) is 6.92 Å². The van der Waals surface area contributed by atoms with Gasteiger partial charge in [-0.05, 0) is 12.3 Å². The molecule has 0 N–H and O–H groups in total. The Balaban J connectivity index is 2.84. The molecule has 0 saturated carbocycles. The van der Waals surface area contributed by atoms with Gasteiger partial charge in [-0.25, -0.2) is 0 Å². The van der Waals surface area contributed by atoms with Crippen LogP contribution >= 0.6 is 0 Å². The van der Waals surface area contributed by atoms with Crippen molar-refractivity contribution in [2.45, 2.75) is 47.0 Å². The van der Waals surface area contributed by atoms with E-state index >= 15 is 0 Å². The molecule has 0 aliphatic heterocycles. The van der Waals surface area contributed by atoms with Gasteiger partial charge < -0.3 is 4.52 Å². The van der Waals surface area contributed by atoms with Crippen LogP contribution in [0.1, 0.15) is 51.7 Å². The topological polar surface area (TPSA) is 38.9 Å². The van der Waals surface area contributed by atoms with Gasteiger partial charge in [-0.3, -0.25) is 0 Å². The van der Waals surface area contributed by atoms with Gasteiger partial charge in [0.2, 0.25) is 5.89 Å². The molecule has 0 unspecified atom stereocenters. The smallest absolute Gasteiger partial charge is 0.230 e. The van der Waals surface area contributed by atoms with Crippen molar-refractivity contribution in [3.63, 3.8) is 0 Å². The summed E-state index contributed by atoms with van der Waals surface area (Å²) in [6.07, 6.45) is 1.11. The number of hydrogen-bond acceptors (Lipinski definition) is 3. The second-order valence-corrected chi connectivity index (χ2v) is 4.24. The van der Waals surface area contributed by atoms with Crippen LogP contribution in [0.5, 0.6) is 0 Å². The maximum atomic E-state index is 5.15. The highest BCUT2D eigenvalue weighted by Gasteiger charge is 2.29. The van der Waals surface area contributed by atoms with E-state index in [4.69, 9.17) is 4.52 Å². The normalized spacial score (nSPS) is 14.5. The Bertz CT molecular complexity index is 278. The Morgan fingerprint density at radius 1 is 1.46 bits per heavy atom. The minimum absolute atomic E-state index is 0.221. The van der Waals surface area contributed by atoms with Crippen molar-refractivity contribution < 1.29 is 4.52 Å². The summed E-state index contributed by atoms with van der Waals surface area (Å²) in [7, 11) is 0. The van der Waals surface area contributed by atoms with E-state index in [0.717, 1.165) is 12.3 Å². The first-order valence-corrected chi connectivity index (χ1v) is 4.77. The molecule has 1 heterocycles. The van der Waals surface area contributed by atoms with Crippen LogP contribution in [0.2, 0.25) is 0 Å². The lowest BCUT2D eigenvalue weighted by Gasteiger charge is -2.27. The molecule has 0 amide bonds. The minimum Gasteiger partial charge on any atom is -0.339 e. The molecule has 0 spiro atoms. The van der Waals surface area contributed by atoms with E-state index < -0.39 is 0 Å². The third kappa shape index (κ3) is 2.08. The number of hydrogen-bond donors (Lipinski definition) is 0. The molecule has 1 atom stereocenters. The van der Waals surface area contributed by atoms with Crippen molar-refractivity contribution in [1.82, 2.24) is 10.1 Å². The van der Waals surface area contributed by atoms with E-state index in [-0.39, 0.29) is 5.41 Å². The molecular weight excluding hydrogens is 164 g/mol. The van der Waals surface area contributed by atoms with E-state index in [2.05, 4.69) is 37.8 Å². The molecular formula is C10H18N2O. The lowest BCUT2D eigenvalue weighted by Crippen LogP contribution is -2.18. The second-order valence-electron chi connectivity index (χ2n) is 4.24. The van der Waals surface area contributed by atoms with E-state index in [0.29, 0.717) is 11.7 Å². The fourth-order valence-electron chi connectivity index (χ4n) is 1.13. The summed E-state index contributed by atoms with van der Waals surface area (Å²) in [4.78, 5) is 4.25. The zero-order chi connectivity index (χ0) is 10.1. The lowest BCUT2D eigenvalue weighted by molar-refractivity contribution is 0.233. The Morgan fingerprint density at radius 2 is 2.08 bits per heavy atom. The Kier molecular flexibility index (Phi) is 2.74. The Labute approximate surface area is 79.5 Å². The van der Waals surface area contributed by atoms with Gasteiger partial charge in [-0.2, -0.15) is 4.98 Å². The predicted octanol–water partition coefficient (Wildman–Crippen LogP) is 2.92. The number of aryl methyl sites for hydroxylation is 1. The van der Waals surface area contributed by atoms with Crippen LogP contribution in [0, 0.1) is 12.3 Å². The zero-order valence-electron chi connectivity index (χ0n) is 9.09. The SMILES string of the molecule is CCC(C)(C)[C@H](C)c1nc(C)no1. The quantitative estimate of drug-likeness (QED) is 0.721. The van der Waals surface area contributed by atoms with E-state index in [1.165, 1.54) is 0 Å². The van der Waals surface area contributed by atoms with Crippen LogP contribution in [0.3, 0.4) is 0 Å². The maximum absolute atomic E-state index is 5.15. The first kappa shape index (κ1) is 10.2. The Hall–Kier alpha value is -0.860. The molecule has 74 valence electrons. The third-order valence-electron chi connectivity index (χ3n) is 3.00. The van der Waals surface area contributed by atoms with Crippen molar-refractivity contribution in [3.8, 4) is 0 Å². The van der Waals surface area contributed by atoms with Gasteiger partial charge in [-0.15, -0.1) is 0 Å². The summed E-state index contributed by atoms with van der Waals surface area (Å²) in [6, 6.07) is 0. The molecule has 0 aliphatic rings. The lowest BCUT2D eigenvalue weighted by atomic mass is 9.78. The largest absolute Gasteiger partial charge is 0.339 e. The van der Waals surface area contributed by atoms with Gasteiger partial charge >= 0.3 is 0 Å². The zero-order valence-corrected chi connectivity index (χ0v) is 9.09. The summed E-state index contributed by atoms with van der Waals surface area (Å²) >= 11 is 0. The van der Waals surface area contributed by atoms with Gasteiger partial charge in [0.1, 0.15) is 0 Å². The van der Waals surface area contributed by atoms with Crippen LogP contribution < -0.4 is 0 Å². The third-order valence-corrected chi connectivity index (χ3v) is 3.00. The molecule has 0 aliphatic carbocycles. The Morgan fingerprint density at radius 3 is 2.46 bits per heavy atom. The number of nitrogens with zero attached hydrogens (tertiary/aromatic N) is 2. The highest BCUT2D eigenvalue weighted by atomic mass is 16.5. The average molecular weight is 182 g/mol. The molecule has 1 aromatic rings. The van der Waals surface area contributed by atoms with Crippen molar-refractivity contribution >= 4 is 0 Å². The van der Waals surface area contributed by atoms with Gasteiger partial charge in [0.05, 0.1) is 0 Å². The van der Waals surface area contributed by atoms with Gasteiger partial charge in [0, 0.05) is 5.92 Å². The average Bonchev–Trinajstić information content (AvgIpc) is 2.50. The second kappa shape index (κ2) is 3.48. The molecule has 1 rings (SSSR count). The highest BCUT2D eigenvalue weighted by Crippen LogP contribution is 2.36. The van der Waals surface area contributed by atoms with Gasteiger partial charge in [0.25, 0.3) is 0 Å². The standard InChI is InChI=1S/C10H18N2O/c1-6-10(4,5)7(2)9-11-8(3)12-13-9/h7H,6H2,1-5H3/t7-/m1/s1. The van der Waals surface area contributed by atoms with Crippen molar-refractivity contribution in [1.29, 1.82) is 0 Å². The molecule has 0 fully saturated rings. The molecule has 1 aromatic heterocycles. The summed E-state index contributed by atoms with van der Waals surface area (Å²) in [5, 5.41) is 3.80. The molecule has 3 nitrogen and oxygen atoms in total. The molecule has 3 heteroatoms. The molecule has 0 aromatic carbocycles. The summed E-state index contributed by atoms with van der Waals surface area (Å²) in [5.41, 5.74) is 0.221. The first-order chi connectivity index (χ1) is 5.97. The fourth-order valence-corrected chi connectivity index (χ4v) is 1.13. The number of aromatic nitrogens is 2. The fraction of sp³-hybridized carbons (Fsp3) is 0.800. The molecule has 13 heavy (non-hydrogen) atoms. The van der Waals surface area contributed by atoms with Crippen LogP contribution in [-0.4, -0.2) is 10.1 Å². The molecule has 0 bridgehead atoms. The van der Waals surface area contributed by atoms with Crippen molar-refractivity contribution in [3.05, 3.63) is 11.7 Å². The van der Waals surface area contributed by atoms with Crippen molar-refractivity contribution in [2.75, 3.05) is 0 Å². The van der Waals surface area contributed by atoms with Crippen LogP contribution in [0.25, 0.3) is 0 Å². The number of rotatable bonds is 3. The highest BCUT2D eigenvalue weighted by molar-refractivity contribution is 4.97. The summed E-state index contributed by atoms with van der Waals surface area (Å²) < 4.78 is 5.15. The van der Waals surface area contributed by atoms with Crippen LogP contribution in [0.4, 0.5) is 0 Å². The molecule has 0 radical (unpaired) electrons. The van der Waals surface area contributed by atoms with E-state index in [9.17, 15) is 0 Å². The monoisotopic (exact) mass is 182 g/mol. The van der Waals surface area contributed by atoms with E-state index in [1.54, 1.807) is 0 Å². The predicted molar refractivity (Wildman–Crippen MR) is 51.5 cm³/mol. The van der Waals surface area contributed by atoms with Crippen LogP contribution in [0.15, 0.2) is 4.52 Å². The first-order valence-electron chi connectivity index (χ1n) is 4.77. The summed E-state index contributed by atoms with van der Waals surface area (Å²) in [5.74, 6) is 1.79. The minimum atomic E-state index is 0.221. The molecule has 0 saturated heterocycles. The summed E-state index contributed by atoms with van der Waals surface area (Å²) in [6.45, 7) is 10.6. The maximum Gasteiger partial charge on any atom is 0.230 e. The van der Waals surface area contributed by atoms with Gasteiger partial charge in [-0.1, -0.05) is 39.3 Å².